The topological polar surface area (TPSA) is 66.4 Å². The summed E-state index contributed by atoms with van der Waals surface area (Å²) in [5, 5.41) is 10.2. The van der Waals surface area contributed by atoms with Crippen LogP contribution in [0, 0.1) is 11.3 Å². The molecule has 2 N–H and O–H groups in total. The zero-order chi connectivity index (χ0) is 18.2. The zero-order valence-electron chi connectivity index (χ0n) is 13.3. The second-order valence-electron chi connectivity index (χ2n) is 6.39. The van der Waals surface area contributed by atoms with Gasteiger partial charge in [-0.25, -0.2) is 13.1 Å². The molecule has 2 rings (SSSR count). The van der Waals surface area contributed by atoms with E-state index >= 15 is 0 Å². The summed E-state index contributed by atoms with van der Waals surface area (Å²) in [6.45, 7) is 3.86. The number of nitrogens with one attached hydrogen (secondary N) is 1. The molecule has 0 heterocycles. The number of halogens is 3. The standard InChI is InChI=1S/C15H20F3NO3S2/c1-10(2)13(20)14(7-8-14)9-19-24(21,22)12-5-3-11(4-6-12)23-15(16,17)18/h3-6,10,13,19-20H,7-9H2,1-2H3. The van der Waals surface area contributed by atoms with E-state index in [4.69, 9.17) is 0 Å². The molecule has 4 nitrogen and oxygen atoms in total. The van der Waals surface area contributed by atoms with Gasteiger partial charge in [-0.05, 0) is 54.8 Å². The van der Waals surface area contributed by atoms with E-state index < -0.39 is 27.1 Å². The van der Waals surface area contributed by atoms with E-state index in [1.807, 2.05) is 13.8 Å². The SMILES string of the molecule is CC(C)C(O)C1(CNS(=O)(=O)c2ccc(SC(F)(F)F)cc2)CC1. The van der Waals surface area contributed by atoms with Gasteiger partial charge in [-0.1, -0.05) is 13.8 Å². The minimum atomic E-state index is -4.41. The molecule has 1 atom stereocenters. The first-order valence-corrected chi connectivity index (χ1v) is 9.79. The van der Waals surface area contributed by atoms with Crippen LogP contribution in [0.2, 0.25) is 0 Å². The number of benzene rings is 1. The lowest BCUT2D eigenvalue weighted by molar-refractivity contribution is -0.0328. The van der Waals surface area contributed by atoms with Crippen LogP contribution in [0.4, 0.5) is 13.2 Å². The first kappa shape index (κ1) is 19.6. The number of hydrogen-bond donors (Lipinski definition) is 2. The van der Waals surface area contributed by atoms with Gasteiger partial charge in [0, 0.05) is 16.9 Å². The number of sulfonamides is 1. The van der Waals surface area contributed by atoms with Crippen LogP contribution in [0.3, 0.4) is 0 Å². The fourth-order valence-corrected chi connectivity index (χ4v) is 4.27. The Bertz CT molecular complexity index is 668. The Kier molecular flexibility index (Phi) is 5.59. The summed E-state index contributed by atoms with van der Waals surface area (Å²) in [7, 11) is -3.82. The lowest BCUT2D eigenvalue weighted by Gasteiger charge is -2.25. The highest BCUT2D eigenvalue weighted by atomic mass is 32.2. The molecular weight excluding hydrogens is 363 g/mol. The number of hydrogen-bond acceptors (Lipinski definition) is 4. The molecule has 0 radical (unpaired) electrons. The Morgan fingerprint density at radius 2 is 1.79 bits per heavy atom. The van der Waals surface area contributed by atoms with Crippen LogP contribution in [0.5, 0.6) is 0 Å². The summed E-state index contributed by atoms with van der Waals surface area (Å²) in [4.78, 5) is -0.167. The van der Waals surface area contributed by atoms with E-state index in [0.29, 0.717) is 0 Å². The van der Waals surface area contributed by atoms with Crippen molar-refractivity contribution in [3.8, 4) is 0 Å². The van der Waals surface area contributed by atoms with E-state index in [-0.39, 0.29) is 34.0 Å². The van der Waals surface area contributed by atoms with Crippen molar-refractivity contribution in [2.75, 3.05) is 6.54 Å². The highest BCUT2D eigenvalue weighted by Gasteiger charge is 2.50. The minimum absolute atomic E-state index is 0.0238. The smallest absolute Gasteiger partial charge is 0.392 e. The minimum Gasteiger partial charge on any atom is -0.392 e. The summed E-state index contributed by atoms with van der Waals surface area (Å²) in [5.74, 6) is 0.0238. The van der Waals surface area contributed by atoms with Crippen LogP contribution in [-0.4, -0.2) is 31.7 Å². The van der Waals surface area contributed by atoms with Crippen molar-refractivity contribution in [1.82, 2.24) is 4.72 Å². The molecule has 1 aromatic rings. The van der Waals surface area contributed by atoms with E-state index in [1.165, 1.54) is 0 Å². The Morgan fingerprint density at radius 3 is 2.21 bits per heavy atom. The van der Waals surface area contributed by atoms with Crippen molar-refractivity contribution in [2.24, 2.45) is 11.3 Å². The van der Waals surface area contributed by atoms with Crippen molar-refractivity contribution in [2.45, 2.75) is 48.1 Å². The maximum atomic E-state index is 12.3. The lowest BCUT2D eigenvalue weighted by atomic mass is 9.91. The third-order valence-corrected chi connectivity index (χ3v) is 6.29. The average molecular weight is 383 g/mol. The van der Waals surface area contributed by atoms with Gasteiger partial charge in [-0.2, -0.15) is 13.2 Å². The van der Waals surface area contributed by atoms with Crippen molar-refractivity contribution >= 4 is 21.8 Å². The van der Waals surface area contributed by atoms with Gasteiger partial charge >= 0.3 is 5.51 Å². The third kappa shape index (κ3) is 4.87. The van der Waals surface area contributed by atoms with Crippen molar-refractivity contribution in [1.29, 1.82) is 0 Å². The van der Waals surface area contributed by atoms with Gasteiger partial charge in [0.05, 0.1) is 11.0 Å². The Morgan fingerprint density at radius 1 is 1.25 bits per heavy atom. The Balaban J connectivity index is 2.03. The second-order valence-corrected chi connectivity index (χ2v) is 9.30. The summed E-state index contributed by atoms with van der Waals surface area (Å²) in [6, 6.07) is 4.55. The van der Waals surface area contributed by atoms with Crippen LogP contribution in [0.1, 0.15) is 26.7 Å². The molecule has 1 aliphatic carbocycles. The van der Waals surface area contributed by atoms with E-state index in [2.05, 4.69) is 4.72 Å². The van der Waals surface area contributed by atoms with Crippen LogP contribution in [-0.2, 0) is 10.0 Å². The summed E-state index contributed by atoms with van der Waals surface area (Å²) in [6.07, 6.45) is 0.900. The molecule has 0 amide bonds. The van der Waals surface area contributed by atoms with Crippen molar-refractivity contribution in [3.05, 3.63) is 24.3 Å². The number of aliphatic hydroxyl groups excluding tert-OH is 1. The van der Waals surface area contributed by atoms with Gasteiger partial charge in [-0.3, -0.25) is 0 Å². The first-order valence-electron chi connectivity index (χ1n) is 7.49. The van der Waals surface area contributed by atoms with Gasteiger partial charge < -0.3 is 5.11 Å². The third-order valence-electron chi connectivity index (χ3n) is 4.13. The van der Waals surface area contributed by atoms with E-state index in [1.54, 1.807) is 0 Å². The van der Waals surface area contributed by atoms with Crippen LogP contribution < -0.4 is 4.72 Å². The highest BCUT2D eigenvalue weighted by Crippen LogP contribution is 2.50. The lowest BCUT2D eigenvalue weighted by Crippen LogP contribution is -2.38. The monoisotopic (exact) mass is 383 g/mol. The van der Waals surface area contributed by atoms with Crippen LogP contribution in [0.25, 0.3) is 0 Å². The molecule has 0 aliphatic heterocycles. The fraction of sp³-hybridized carbons (Fsp3) is 0.600. The number of aliphatic hydroxyl groups is 1. The van der Waals surface area contributed by atoms with Gasteiger partial charge in [0.15, 0.2) is 0 Å². The van der Waals surface area contributed by atoms with Gasteiger partial charge in [0.2, 0.25) is 10.0 Å². The molecule has 1 fully saturated rings. The maximum Gasteiger partial charge on any atom is 0.446 e. The average Bonchev–Trinajstić information content (AvgIpc) is 3.24. The molecule has 24 heavy (non-hydrogen) atoms. The van der Waals surface area contributed by atoms with Crippen molar-refractivity contribution < 1.29 is 26.7 Å². The molecule has 0 bridgehead atoms. The van der Waals surface area contributed by atoms with E-state index in [9.17, 15) is 26.7 Å². The number of thioether (sulfide) groups is 1. The van der Waals surface area contributed by atoms with E-state index in [0.717, 1.165) is 37.1 Å². The van der Waals surface area contributed by atoms with Crippen LogP contribution in [0.15, 0.2) is 34.1 Å². The summed E-state index contributed by atoms with van der Waals surface area (Å²) in [5.41, 5.74) is -4.85. The molecule has 1 unspecified atom stereocenters. The molecular formula is C15H20F3NO3S2. The van der Waals surface area contributed by atoms with Gasteiger partial charge in [-0.15, -0.1) is 0 Å². The predicted molar refractivity (Wildman–Crippen MR) is 86.1 cm³/mol. The molecule has 9 heteroatoms. The molecule has 136 valence electrons. The second kappa shape index (κ2) is 6.86. The Hall–Kier alpha value is -0.770. The van der Waals surface area contributed by atoms with Gasteiger partial charge in [0.25, 0.3) is 0 Å². The molecule has 1 aromatic carbocycles. The predicted octanol–water partition coefficient (Wildman–Crippen LogP) is 3.37. The first-order chi connectivity index (χ1) is 11.0. The number of rotatable bonds is 7. The molecule has 0 aromatic heterocycles. The molecule has 1 saturated carbocycles. The normalized spacial score (nSPS) is 18.6. The molecule has 0 saturated heterocycles. The highest BCUT2D eigenvalue weighted by molar-refractivity contribution is 8.00. The van der Waals surface area contributed by atoms with Gasteiger partial charge in [0.1, 0.15) is 0 Å². The van der Waals surface area contributed by atoms with Crippen molar-refractivity contribution in [3.63, 3.8) is 0 Å². The summed E-state index contributed by atoms with van der Waals surface area (Å²) < 4.78 is 63.9. The largest absolute Gasteiger partial charge is 0.446 e. The van der Waals surface area contributed by atoms with Crippen LogP contribution >= 0.6 is 11.8 Å². The Labute approximate surface area is 143 Å². The fourth-order valence-electron chi connectivity index (χ4n) is 2.59. The molecule has 0 spiro atoms. The quantitative estimate of drug-likeness (QED) is 0.709. The maximum absolute atomic E-state index is 12.3. The molecule has 1 aliphatic rings. The summed E-state index contributed by atoms with van der Waals surface area (Å²) >= 11 is -0.293. The number of alkyl halides is 3. The zero-order valence-corrected chi connectivity index (χ0v) is 14.9.